The predicted octanol–water partition coefficient (Wildman–Crippen LogP) is 6.70. The van der Waals surface area contributed by atoms with Gasteiger partial charge >= 0.3 is 11.9 Å². The summed E-state index contributed by atoms with van der Waals surface area (Å²) < 4.78 is 13.2. The van der Waals surface area contributed by atoms with Gasteiger partial charge in [0.2, 0.25) is 0 Å². The molecule has 0 bridgehead atoms. The topological polar surface area (TPSA) is 57.5 Å². The highest BCUT2D eigenvalue weighted by atomic mass is 16.5. The molecule has 5 aromatic rings. The quantitative estimate of drug-likeness (QED) is 0.215. The van der Waals surface area contributed by atoms with Crippen LogP contribution in [0.1, 0.15) is 33.3 Å². The van der Waals surface area contributed by atoms with E-state index >= 15 is 0 Å². The lowest BCUT2D eigenvalue weighted by Gasteiger charge is -2.11. The van der Waals surface area contributed by atoms with E-state index < -0.39 is 5.97 Å². The van der Waals surface area contributed by atoms with Crippen LogP contribution in [0, 0.1) is 6.92 Å². The van der Waals surface area contributed by atoms with Crippen molar-refractivity contribution >= 4 is 33.6 Å². The van der Waals surface area contributed by atoms with Crippen LogP contribution in [0.4, 0.5) is 0 Å². The van der Waals surface area contributed by atoms with Crippen LogP contribution in [0.2, 0.25) is 0 Å². The van der Waals surface area contributed by atoms with Crippen molar-refractivity contribution in [3.05, 3.63) is 102 Å². The van der Waals surface area contributed by atoms with Crippen molar-refractivity contribution in [3.8, 4) is 16.9 Å². The van der Waals surface area contributed by atoms with Crippen molar-refractivity contribution in [1.82, 2.24) is 4.57 Å². The SMILES string of the molecule is CCOC(=O)c1c(C)n(C)c2c1cc(OC(=O)c1ccc(-c3ccccc3)cc1)c1ccccc12. The number of benzene rings is 4. The van der Waals surface area contributed by atoms with Gasteiger partial charge in [0, 0.05) is 28.9 Å². The summed E-state index contributed by atoms with van der Waals surface area (Å²) in [6.45, 7) is 3.95. The predicted molar refractivity (Wildman–Crippen MR) is 138 cm³/mol. The van der Waals surface area contributed by atoms with Gasteiger partial charge in [0.25, 0.3) is 0 Å². The van der Waals surface area contributed by atoms with Crippen molar-refractivity contribution in [2.24, 2.45) is 7.05 Å². The zero-order chi connectivity index (χ0) is 24.5. The van der Waals surface area contributed by atoms with E-state index in [1.165, 1.54) is 0 Å². The van der Waals surface area contributed by atoms with Gasteiger partial charge < -0.3 is 14.0 Å². The Kier molecular flexibility index (Phi) is 5.83. The van der Waals surface area contributed by atoms with Crippen LogP contribution in [-0.4, -0.2) is 23.1 Å². The maximum Gasteiger partial charge on any atom is 0.343 e. The third-order valence-corrected chi connectivity index (χ3v) is 6.36. The minimum Gasteiger partial charge on any atom is -0.462 e. The van der Waals surface area contributed by atoms with E-state index in [0.717, 1.165) is 33.1 Å². The molecule has 0 saturated carbocycles. The fraction of sp³-hybridized carbons (Fsp3) is 0.133. The maximum atomic E-state index is 13.1. The van der Waals surface area contributed by atoms with Crippen molar-refractivity contribution < 1.29 is 19.1 Å². The molecule has 35 heavy (non-hydrogen) atoms. The summed E-state index contributed by atoms with van der Waals surface area (Å²) in [5, 5.41) is 2.39. The Bertz CT molecular complexity index is 1560. The molecular formula is C30H25NO4. The Morgan fingerprint density at radius 2 is 1.40 bits per heavy atom. The van der Waals surface area contributed by atoms with Crippen LogP contribution < -0.4 is 4.74 Å². The normalized spacial score (nSPS) is 11.1. The Morgan fingerprint density at radius 1 is 0.771 bits per heavy atom. The number of carbonyl (C=O) groups excluding carboxylic acids is 2. The summed E-state index contributed by atoms with van der Waals surface area (Å²) >= 11 is 0. The van der Waals surface area contributed by atoms with E-state index in [1.54, 1.807) is 25.1 Å². The number of rotatable bonds is 5. The molecule has 5 rings (SSSR count). The van der Waals surface area contributed by atoms with Crippen LogP contribution in [-0.2, 0) is 11.8 Å². The lowest BCUT2D eigenvalue weighted by molar-refractivity contribution is 0.0527. The first kappa shape index (κ1) is 22.4. The number of carbonyl (C=O) groups is 2. The van der Waals surface area contributed by atoms with Gasteiger partial charge in [-0.25, -0.2) is 9.59 Å². The van der Waals surface area contributed by atoms with Gasteiger partial charge in [-0.1, -0.05) is 66.7 Å². The Hall–Kier alpha value is -4.38. The Balaban J connectivity index is 1.57. The minimum absolute atomic E-state index is 0.281. The fourth-order valence-electron chi connectivity index (χ4n) is 4.54. The number of aryl methyl sites for hydroxylation is 1. The molecule has 5 heteroatoms. The van der Waals surface area contributed by atoms with E-state index in [2.05, 4.69) is 0 Å². The van der Waals surface area contributed by atoms with Crippen LogP contribution in [0.5, 0.6) is 5.75 Å². The van der Waals surface area contributed by atoms with E-state index in [-0.39, 0.29) is 12.6 Å². The molecule has 0 N–H and O–H groups in total. The highest BCUT2D eigenvalue weighted by molar-refractivity contribution is 6.16. The van der Waals surface area contributed by atoms with Gasteiger partial charge in [-0.2, -0.15) is 0 Å². The van der Waals surface area contributed by atoms with Crippen molar-refractivity contribution in [2.45, 2.75) is 13.8 Å². The van der Waals surface area contributed by atoms with Crippen molar-refractivity contribution in [2.75, 3.05) is 6.61 Å². The maximum absolute atomic E-state index is 13.1. The highest BCUT2D eigenvalue weighted by Gasteiger charge is 2.23. The second-order valence-electron chi connectivity index (χ2n) is 8.39. The van der Waals surface area contributed by atoms with Gasteiger partial charge in [-0.15, -0.1) is 0 Å². The minimum atomic E-state index is -0.459. The summed E-state index contributed by atoms with van der Waals surface area (Å²) in [7, 11) is 1.92. The van der Waals surface area contributed by atoms with E-state index in [0.29, 0.717) is 22.3 Å². The van der Waals surface area contributed by atoms with Gasteiger partial charge in [0.05, 0.1) is 23.3 Å². The van der Waals surface area contributed by atoms with E-state index in [4.69, 9.17) is 9.47 Å². The zero-order valence-electron chi connectivity index (χ0n) is 19.9. The van der Waals surface area contributed by atoms with Crippen LogP contribution in [0.3, 0.4) is 0 Å². The molecule has 0 aliphatic carbocycles. The van der Waals surface area contributed by atoms with Crippen molar-refractivity contribution in [1.29, 1.82) is 0 Å². The standard InChI is InChI=1S/C30H25NO4/c1-4-34-30(33)27-19(2)31(3)28-24-13-9-8-12-23(24)26(18-25(27)28)35-29(32)22-16-14-21(15-17-22)20-10-6-5-7-11-20/h5-18H,4H2,1-3H3. The number of hydrogen-bond donors (Lipinski definition) is 0. The Labute approximate surface area is 203 Å². The van der Waals surface area contributed by atoms with Gasteiger partial charge in [0.15, 0.2) is 0 Å². The first-order chi connectivity index (χ1) is 17.0. The molecule has 0 amide bonds. The number of ether oxygens (including phenoxy) is 2. The third-order valence-electron chi connectivity index (χ3n) is 6.36. The number of esters is 2. The van der Waals surface area contributed by atoms with Gasteiger partial charge in [-0.3, -0.25) is 0 Å². The molecule has 174 valence electrons. The van der Waals surface area contributed by atoms with Gasteiger partial charge in [-0.05, 0) is 43.2 Å². The molecule has 4 aromatic carbocycles. The van der Waals surface area contributed by atoms with Crippen LogP contribution >= 0.6 is 0 Å². The van der Waals surface area contributed by atoms with E-state index in [1.807, 2.05) is 85.3 Å². The molecule has 0 spiro atoms. The molecule has 1 aromatic heterocycles. The molecule has 5 nitrogen and oxygen atoms in total. The lowest BCUT2D eigenvalue weighted by atomic mass is 10.0. The first-order valence-corrected chi connectivity index (χ1v) is 11.5. The second kappa shape index (κ2) is 9.11. The third kappa shape index (κ3) is 3.95. The monoisotopic (exact) mass is 463 g/mol. The Morgan fingerprint density at radius 3 is 2.09 bits per heavy atom. The molecule has 0 saturated heterocycles. The van der Waals surface area contributed by atoms with Crippen LogP contribution in [0.15, 0.2) is 84.9 Å². The number of nitrogens with zero attached hydrogens (tertiary/aromatic N) is 1. The van der Waals surface area contributed by atoms with Crippen molar-refractivity contribution in [3.63, 3.8) is 0 Å². The zero-order valence-corrected chi connectivity index (χ0v) is 19.9. The number of fused-ring (bicyclic) bond motifs is 3. The number of aromatic nitrogens is 1. The lowest BCUT2D eigenvalue weighted by Crippen LogP contribution is -2.09. The molecular weight excluding hydrogens is 438 g/mol. The summed E-state index contributed by atoms with van der Waals surface area (Å²) in [5.74, 6) is -0.444. The molecule has 0 aliphatic heterocycles. The smallest absolute Gasteiger partial charge is 0.343 e. The number of hydrogen-bond acceptors (Lipinski definition) is 4. The molecule has 0 unspecified atom stereocenters. The second-order valence-corrected chi connectivity index (χ2v) is 8.39. The van der Waals surface area contributed by atoms with Gasteiger partial charge in [0.1, 0.15) is 5.75 Å². The molecule has 0 radical (unpaired) electrons. The fourth-order valence-corrected chi connectivity index (χ4v) is 4.54. The largest absolute Gasteiger partial charge is 0.462 e. The summed E-state index contributed by atoms with van der Waals surface area (Å²) in [6, 6.07) is 26.8. The average molecular weight is 464 g/mol. The summed E-state index contributed by atoms with van der Waals surface area (Å²) in [6.07, 6.45) is 0. The summed E-state index contributed by atoms with van der Waals surface area (Å²) in [5.41, 5.74) is 4.72. The summed E-state index contributed by atoms with van der Waals surface area (Å²) in [4.78, 5) is 25.9. The molecule has 0 atom stereocenters. The van der Waals surface area contributed by atoms with Crippen LogP contribution in [0.25, 0.3) is 32.8 Å². The highest BCUT2D eigenvalue weighted by Crippen LogP contribution is 2.38. The first-order valence-electron chi connectivity index (χ1n) is 11.5. The molecule has 0 fully saturated rings. The molecule has 1 heterocycles. The van der Waals surface area contributed by atoms with E-state index in [9.17, 15) is 9.59 Å². The molecule has 0 aliphatic rings. The average Bonchev–Trinajstić information content (AvgIpc) is 3.14.